The third kappa shape index (κ3) is 4.21. The minimum atomic E-state index is -0.0124. The number of rotatable bonds is 4. The van der Waals surface area contributed by atoms with Crippen LogP contribution in [0.25, 0.3) is 0 Å². The third-order valence-corrected chi connectivity index (χ3v) is 3.86. The molecule has 0 amide bonds. The fourth-order valence-corrected chi connectivity index (χ4v) is 2.44. The molecule has 0 unspecified atom stereocenters. The smallest absolute Gasteiger partial charge is 0.288 e. The lowest BCUT2D eigenvalue weighted by atomic mass is 10.1. The predicted molar refractivity (Wildman–Crippen MR) is 95.3 cm³/mol. The van der Waals surface area contributed by atoms with Gasteiger partial charge in [0.1, 0.15) is 12.4 Å². The molecule has 122 valence electrons. The summed E-state index contributed by atoms with van der Waals surface area (Å²) in [5.74, 6) is 0.821. The van der Waals surface area contributed by atoms with Crippen LogP contribution in [-0.2, 0) is 11.3 Å². The number of thiocarbonyl (C=S) groups is 1. The van der Waals surface area contributed by atoms with Crippen molar-refractivity contribution in [1.82, 2.24) is 0 Å². The normalized spacial score (nSPS) is 10.3. The van der Waals surface area contributed by atoms with E-state index in [9.17, 15) is 5.21 Å². The summed E-state index contributed by atoms with van der Waals surface area (Å²) < 4.78 is 10.8. The molecular weight excluding hydrogens is 310 g/mol. The van der Waals surface area contributed by atoms with E-state index in [-0.39, 0.29) is 5.17 Å². The number of hydrogen-bond acceptors (Lipinski definition) is 4. The van der Waals surface area contributed by atoms with Crippen molar-refractivity contribution in [2.75, 3.05) is 12.2 Å². The molecule has 0 bridgehead atoms. The second-order valence-electron chi connectivity index (χ2n) is 5.47. The van der Waals surface area contributed by atoms with Gasteiger partial charge < -0.3 is 9.47 Å². The molecule has 0 aliphatic rings. The number of methoxy groups -OCH3 is 1. The highest BCUT2D eigenvalue weighted by molar-refractivity contribution is 7.80. The van der Waals surface area contributed by atoms with Crippen LogP contribution in [-0.4, -0.2) is 17.5 Å². The van der Waals surface area contributed by atoms with Crippen LogP contribution in [0.3, 0.4) is 0 Å². The molecular formula is C18H21NO3S. The Morgan fingerprint density at radius 3 is 2.39 bits per heavy atom. The molecule has 2 aromatic carbocycles. The Morgan fingerprint density at radius 1 is 1.09 bits per heavy atom. The van der Waals surface area contributed by atoms with Gasteiger partial charge in [0, 0.05) is 5.56 Å². The molecule has 0 aliphatic carbocycles. The van der Waals surface area contributed by atoms with Gasteiger partial charge in [-0.3, -0.25) is 5.21 Å². The molecule has 0 heterocycles. The average molecular weight is 331 g/mol. The van der Waals surface area contributed by atoms with Gasteiger partial charge in [0.15, 0.2) is 0 Å². The van der Waals surface area contributed by atoms with E-state index in [0.717, 1.165) is 27.5 Å². The van der Waals surface area contributed by atoms with E-state index in [1.165, 1.54) is 12.7 Å². The van der Waals surface area contributed by atoms with Gasteiger partial charge in [-0.25, -0.2) is 0 Å². The summed E-state index contributed by atoms with van der Waals surface area (Å²) in [7, 11) is 1.42. The zero-order valence-electron chi connectivity index (χ0n) is 13.8. The molecule has 5 heteroatoms. The molecule has 0 spiro atoms. The second kappa shape index (κ2) is 7.44. The molecule has 0 atom stereocenters. The number of hydrogen-bond donors (Lipinski definition) is 1. The van der Waals surface area contributed by atoms with Crippen molar-refractivity contribution in [3.05, 3.63) is 58.7 Å². The van der Waals surface area contributed by atoms with E-state index < -0.39 is 0 Å². The summed E-state index contributed by atoms with van der Waals surface area (Å²) in [6.07, 6.45) is 0. The van der Waals surface area contributed by atoms with Crippen molar-refractivity contribution in [2.45, 2.75) is 27.4 Å². The van der Waals surface area contributed by atoms with Crippen molar-refractivity contribution >= 4 is 23.1 Å². The van der Waals surface area contributed by atoms with Crippen molar-refractivity contribution in [1.29, 1.82) is 0 Å². The molecule has 0 fully saturated rings. The first-order valence-corrected chi connectivity index (χ1v) is 7.69. The summed E-state index contributed by atoms with van der Waals surface area (Å²) in [6, 6.07) is 11.7. The Hall–Kier alpha value is -2.11. The van der Waals surface area contributed by atoms with Gasteiger partial charge in [-0.05, 0) is 50.7 Å². The average Bonchev–Trinajstić information content (AvgIpc) is 2.52. The number of benzene rings is 2. The molecule has 4 nitrogen and oxygen atoms in total. The molecule has 2 aromatic rings. The summed E-state index contributed by atoms with van der Waals surface area (Å²) in [6.45, 7) is 6.37. The number of ether oxygens (including phenoxy) is 2. The van der Waals surface area contributed by atoms with Gasteiger partial charge in [0.25, 0.3) is 5.17 Å². The van der Waals surface area contributed by atoms with Gasteiger partial charge in [0.05, 0.1) is 12.8 Å². The number of hydroxylamine groups is 1. The summed E-state index contributed by atoms with van der Waals surface area (Å²) in [5.41, 5.74) is 4.72. The fourth-order valence-electron chi connectivity index (χ4n) is 2.34. The Bertz CT molecular complexity index is 715. The highest BCUT2D eigenvalue weighted by atomic mass is 32.1. The maximum atomic E-state index is 10.2. The Balaban J connectivity index is 2.24. The summed E-state index contributed by atoms with van der Waals surface area (Å²) in [5, 5.41) is 11.0. The number of aryl methyl sites for hydroxylation is 3. The summed E-state index contributed by atoms with van der Waals surface area (Å²) in [4.78, 5) is 0. The number of anilines is 1. The lowest BCUT2D eigenvalue weighted by molar-refractivity contribution is 0.264. The standard InChI is InChI=1S/C18H21NO3S/c1-12-6-8-17(14(3)9-12)22-11-15-10-13(2)5-7-16(15)19(20)18(23)21-4/h5-10,20H,11H2,1-4H3. The SMILES string of the molecule is COC(=S)N(O)c1ccc(C)cc1COc1ccc(C)cc1C. The van der Waals surface area contributed by atoms with Gasteiger partial charge in [-0.1, -0.05) is 35.4 Å². The van der Waals surface area contributed by atoms with Gasteiger partial charge in [-0.15, -0.1) is 0 Å². The molecule has 0 radical (unpaired) electrons. The molecule has 23 heavy (non-hydrogen) atoms. The van der Waals surface area contributed by atoms with Gasteiger partial charge >= 0.3 is 0 Å². The lowest BCUT2D eigenvalue weighted by Gasteiger charge is -2.20. The summed E-state index contributed by atoms with van der Waals surface area (Å²) >= 11 is 4.98. The van der Waals surface area contributed by atoms with Crippen LogP contribution in [0, 0.1) is 20.8 Å². The van der Waals surface area contributed by atoms with E-state index in [1.54, 1.807) is 6.07 Å². The maximum Gasteiger partial charge on any atom is 0.288 e. The second-order valence-corrected chi connectivity index (χ2v) is 5.82. The van der Waals surface area contributed by atoms with Crippen LogP contribution < -0.4 is 9.80 Å². The first-order valence-electron chi connectivity index (χ1n) is 7.29. The van der Waals surface area contributed by atoms with Crippen LogP contribution in [0.5, 0.6) is 5.75 Å². The largest absolute Gasteiger partial charge is 0.489 e. The minimum absolute atomic E-state index is 0.0124. The quantitative estimate of drug-likeness (QED) is 0.667. The van der Waals surface area contributed by atoms with Crippen molar-refractivity contribution in [2.24, 2.45) is 0 Å². The lowest BCUT2D eigenvalue weighted by Crippen LogP contribution is -2.27. The van der Waals surface area contributed by atoms with E-state index >= 15 is 0 Å². The van der Waals surface area contributed by atoms with Crippen molar-refractivity contribution < 1.29 is 14.7 Å². The van der Waals surface area contributed by atoms with E-state index in [2.05, 4.69) is 6.07 Å². The third-order valence-electron chi connectivity index (χ3n) is 3.52. The highest BCUT2D eigenvalue weighted by Gasteiger charge is 2.15. The zero-order chi connectivity index (χ0) is 17.0. The molecule has 1 N–H and O–H groups in total. The van der Waals surface area contributed by atoms with Crippen molar-refractivity contribution in [3.8, 4) is 5.75 Å². The van der Waals surface area contributed by atoms with E-state index in [0.29, 0.717) is 12.3 Å². The molecule has 0 aliphatic heterocycles. The molecule has 0 saturated heterocycles. The van der Waals surface area contributed by atoms with Gasteiger partial charge in [0.2, 0.25) is 0 Å². The Morgan fingerprint density at radius 2 is 1.74 bits per heavy atom. The predicted octanol–water partition coefficient (Wildman–Crippen LogP) is 4.32. The first kappa shape index (κ1) is 17.2. The topological polar surface area (TPSA) is 41.9 Å². The van der Waals surface area contributed by atoms with E-state index in [1.807, 2.05) is 45.0 Å². The van der Waals surface area contributed by atoms with Crippen LogP contribution >= 0.6 is 12.2 Å². The van der Waals surface area contributed by atoms with Crippen LogP contribution in [0.1, 0.15) is 22.3 Å². The first-order chi connectivity index (χ1) is 10.9. The van der Waals surface area contributed by atoms with Crippen LogP contribution in [0.2, 0.25) is 0 Å². The Kier molecular flexibility index (Phi) is 5.58. The van der Waals surface area contributed by atoms with Crippen molar-refractivity contribution in [3.63, 3.8) is 0 Å². The number of nitrogens with zero attached hydrogens (tertiary/aromatic N) is 1. The van der Waals surface area contributed by atoms with E-state index in [4.69, 9.17) is 21.7 Å². The fraction of sp³-hybridized carbons (Fsp3) is 0.278. The monoisotopic (exact) mass is 331 g/mol. The maximum absolute atomic E-state index is 10.2. The molecule has 0 saturated carbocycles. The Labute approximate surface area is 142 Å². The van der Waals surface area contributed by atoms with Crippen LogP contribution in [0.15, 0.2) is 36.4 Å². The van der Waals surface area contributed by atoms with Crippen LogP contribution in [0.4, 0.5) is 5.69 Å². The minimum Gasteiger partial charge on any atom is -0.489 e. The zero-order valence-corrected chi connectivity index (χ0v) is 14.6. The van der Waals surface area contributed by atoms with Gasteiger partial charge in [-0.2, -0.15) is 5.06 Å². The molecule has 0 aromatic heterocycles. The highest BCUT2D eigenvalue weighted by Crippen LogP contribution is 2.25. The molecule has 2 rings (SSSR count).